The second-order valence-corrected chi connectivity index (χ2v) is 23.5. The molecule has 0 rings (SSSR count). The third-order valence-corrected chi connectivity index (χ3v) is 27.5. The molecule has 0 radical (unpaired) electrons. The Hall–Kier alpha value is 0.651. The first-order chi connectivity index (χ1) is 8.85. The van der Waals surface area contributed by atoms with Crippen molar-refractivity contribution in [1.82, 2.24) is 0 Å². The third-order valence-electron chi connectivity index (χ3n) is 4.15. The molecule has 0 fully saturated rings. The van der Waals surface area contributed by atoms with Gasteiger partial charge in [0.2, 0.25) is 0 Å². The maximum absolute atomic E-state index is 2.35. The van der Waals surface area contributed by atoms with E-state index < -0.39 is 0 Å². The molecule has 0 N–H and O–H groups in total. The Morgan fingerprint density at radius 1 is 0.667 bits per heavy atom. The van der Waals surface area contributed by atoms with Crippen molar-refractivity contribution in [2.24, 2.45) is 0 Å². The monoisotopic (exact) mass is 302 g/mol. The van der Waals surface area contributed by atoms with Crippen molar-refractivity contribution in [2.75, 3.05) is 0 Å². The van der Waals surface area contributed by atoms with Gasteiger partial charge in [-0.25, -0.2) is 0 Å². The van der Waals surface area contributed by atoms with Crippen LogP contribution in [0, 0.1) is 0 Å². The van der Waals surface area contributed by atoms with E-state index in [1.807, 2.05) is 0 Å². The maximum atomic E-state index is 2.35. The van der Waals surface area contributed by atoms with Gasteiger partial charge >= 0.3 is 0 Å². The third kappa shape index (κ3) is 13.1. The number of unbranched alkanes of at least 4 members (excludes halogenated alkanes) is 6. The summed E-state index contributed by atoms with van der Waals surface area (Å²) in [6.45, 7) is 7.04. The van der Waals surface area contributed by atoms with Gasteiger partial charge < -0.3 is 0 Å². The summed E-state index contributed by atoms with van der Waals surface area (Å²) in [6.07, 6.45) is 13.6. The fourth-order valence-corrected chi connectivity index (χ4v) is 27.1. The van der Waals surface area contributed by atoms with E-state index in [4.69, 9.17) is 0 Å². The zero-order chi connectivity index (χ0) is 13.5. The van der Waals surface area contributed by atoms with Crippen molar-refractivity contribution in [3.63, 3.8) is 0 Å². The van der Waals surface area contributed by atoms with E-state index in [9.17, 15) is 0 Å². The van der Waals surface area contributed by atoms with Gasteiger partial charge in [0.15, 0.2) is 0 Å². The normalized spacial score (nSPS) is 12.7. The lowest BCUT2D eigenvalue weighted by molar-refractivity contribution is 0.750. The topological polar surface area (TPSA) is 0 Å². The van der Waals surface area contributed by atoms with E-state index >= 15 is 0 Å². The highest BCUT2D eigenvalue weighted by molar-refractivity contribution is 7.35. The Bertz CT molecular complexity index is 141. The zero-order valence-corrected chi connectivity index (χ0v) is 17.5. The summed E-state index contributed by atoms with van der Waals surface area (Å²) in [5.74, 6) is 0. The van der Waals surface area contributed by atoms with Crippen LogP contribution in [0.5, 0.6) is 0 Å². The van der Waals surface area contributed by atoms with Crippen LogP contribution in [0.4, 0.5) is 0 Å². The second kappa shape index (κ2) is 15.7. The number of hydrogen-bond acceptors (Lipinski definition) is 0. The van der Waals surface area contributed by atoms with Crippen LogP contribution in [0.1, 0.15) is 78.6 Å². The molecular weight excluding hydrogens is 264 g/mol. The fraction of sp³-hybridized carbons (Fsp3) is 1.00. The maximum Gasteiger partial charge on any atom is 0.0210 e. The first kappa shape index (κ1) is 18.7. The van der Waals surface area contributed by atoms with Crippen molar-refractivity contribution in [3.8, 4) is 0 Å². The smallest absolute Gasteiger partial charge is 0.0210 e. The highest BCUT2D eigenvalue weighted by atomic mass is 29.5. The van der Waals surface area contributed by atoms with Crippen LogP contribution in [0.25, 0.3) is 0 Å². The molecule has 0 unspecified atom stereocenters. The van der Waals surface area contributed by atoms with Crippen LogP contribution >= 0.6 is 0 Å². The minimum atomic E-state index is -0.148. The average Bonchev–Trinajstić information content (AvgIpc) is 2.38. The van der Waals surface area contributed by atoms with Crippen LogP contribution in [0.2, 0.25) is 18.1 Å². The zero-order valence-electron chi connectivity index (χ0n) is 13.5. The Balaban J connectivity index is 3.60. The van der Waals surface area contributed by atoms with E-state index in [0.717, 1.165) is 0 Å². The molecule has 0 aromatic carbocycles. The molecule has 3 heteroatoms. The quantitative estimate of drug-likeness (QED) is 0.337. The molecule has 0 saturated heterocycles. The Morgan fingerprint density at radius 3 is 1.67 bits per heavy atom. The van der Waals surface area contributed by atoms with Gasteiger partial charge in [0.1, 0.15) is 0 Å². The van der Waals surface area contributed by atoms with Gasteiger partial charge in [-0.05, 0) is 0 Å². The summed E-state index contributed by atoms with van der Waals surface area (Å²) in [6, 6.07) is 5.19. The molecule has 0 spiro atoms. The van der Waals surface area contributed by atoms with Gasteiger partial charge in [0.25, 0.3) is 0 Å². The molecule has 0 heterocycles. The summed E-state index contributed by atoms with van der Waals surface area (Å²) >= 11 is 0. The van der Waals surface area contributed by atoms with E-state index in [0.29, 0.717) is 17.6 Å². The molecule has 0 amide bonds. The fourth-order valence-electron chi connectivity index (χ4n) is 2.84. The molecule has 0 aliphatic heterocycles. The minimum Gasteiger partial charge on any atom is -0.0654 e. The van der Waals surface area contributed by atoms with Crippen molar-refractivity contribution in [1.29, 1.82) is 0 Å². The van der Waals surface area contributed by atoms with E-state index in [-0.39, 0.29) is 8.31 Å². The second-order valence-electron chi connectivity index (χ2n) is 6.06. The van der Waals surface area contributed by atoms with Crippen molar-refractivity contribution in [3.05, 3.63) is 0 Å². The molecule has 0 aromatic rings. The molecular formula is C15H38Si3. The van der Waals surface area contributed by atoms with Gasteiger partial charge in [-0.15, -0.1) is 0 Å². The number of rotatable bonds is 14. The van der Waals surface area contributed by atoms with Crippen molar-refractivity contribution in [2.45, 2.75) is 96.7 Å². The summed E-state index contributed by atoms with van der Waals surface area (Å²) in [4.78, 5) is 0. The standard InChI is InChI=1S/C15H38Si3/c1-4-7-10-13-16-17-18(14-11-8-5-2)15-12-9-6-3/h18H,4-17H2,1-3H3. The summed E-state index contributed by atoms with van der Waals surface area (Å²) in [5.41, 5.74) is 0. The summed E-state index contributed by atoms with van der Waals surface area (Å²) < 4.78 is 0. The lowest BCUT2D eigenvalue weighted by Crippen LogP contribution is -2.27. The molecule has 0 aliphatic carbocycles. The van der Waals surface area contributed by atoms with Crippen LogP contribution < -0.4 is 0 Å². The molecule has 110 valence electrons. The van der Waals surface area contributed by atoms with Crippen LogP contribution in [-0.2, 0) is 0 Å². The molecule has 0 bridgehead atoms. The van der Waals surface area contributed by atoms with Gasteiger partial charge in [-0.1, -0.05) is 96.7 Å². The first-order valence-electron chi connectivity index (χ1n) is 8.85. The van der Waals surface area contributed by atoms with Crippen molar-refractivity contribution < 1.29 is 0 Å². The highest BCUT2D eigenvalue weighted by Crippen LogP contribution is 2.11. The van der Waals surface area contributed by atoms with Crippen LogP contribution in [-0.4, -0.2) is 25.9 Å². The van der Waals surface area contributed by atoms with Crippen LogP contribution in [0.3, 0.4) is 0 Å². The molecule has 0 aromatic heterocycles. The van der Waals surface area contributed by atoms with E-state index in [1.54, 1.807) is 37.4 Å². The molecule has 0 atom stereocenters. The van der Waals surface area contributed by atoms with Crippen LogP contribution in [0.15, 0.2) is 0 Å². The van der Waals surface area contributed by atoms with E-state index in [1.165, 1.54) is 38.5 Å². The lowest BCUT2D eigenvalue weighted by atomic mass is 10.3. The molecule has 0 saturated carbocycles. The van der Waals surface area contributed by atoms with Gasteiger partial charge in [-0.3, -0.25) is 0 Å². The predicted octanol–water partition coefficient (Wildman–Crippen LogP) is 3.95. The van der Waals surface area contributed by atoms with E-state index in [2.05, 4.69) is 20.8 Å². The van der Waals surface area contributed by atoms with Crippen molar-refractivity contribution >= 4 is 25.9 Å². The Labute approximate surface area is 123 Å². The number of hydrogen-bond donors (Lipinski definition) is 0. The summed E-state index contributed by atoms with van der Waals surface area (Å²) in [7, 11) is 0.847. The SMILES string of the molecule is CCCCC[SiH2][SiH2][SiH](CCCCC)CCCCC. The van der Waals surface area contributed by atoms with Gasteiger partial charge in [0, 0.05) is 25.9 Å². The first-order valence-corrected chi connectivity index (χ1v) is 18.7. The highest BCUT2D eigenvalue weighted by Gasteiger charge is 2.10. The molecule has 0 nitrogen and oxygen atoms in total. The molecule has 18 heavy (non-hydrogen) atoms. The average molecular weight is 303 g/mol. The molecule has 0 aliphatic rings. The Kier molecular flexibility index (Phi) is 16.3. The van der Waals surface area contributed by atoms with Gasteiger partial charge in [-0.2, -0.15) is 0 Å². The Morgan fingerprint density at radius 2 is 1.17 bits per heavy atom. The minimum absolute atomic E-state index is 0.148. The largest absolute Gasteiger partial charge is 0.0654 e. The summed E-state index contributed by atoms with van der Waals surface area (Å²) in [5, 5.41) is 0. The lowest BCUT2D eigenvalue weighted by Gasteiger charge is -2.14. The predicted molar refractivity (Wildman–Crippen MR) is 97.2 cm³/mol. The van der Waals surface area contributed by atoms with Gasteiger partial charge in [0.05, 0.1) is 0 Å².